The summed E-state index contributed by atoms with van der Waals surface area (Å²) < 4.78 is 27.5. The summed E-state index contributed by atoms with van der Waals surface area (Å²) >= 11 is 0. The topological polar surface area (TPSA) is 146 Å². The minimum absolute atomic E-state index is 0.0719. The van der Waals surface area contributed by atoms with Crippen molar-refractivity contribution in [1.82, 2.24) is 9.55 Å². The van der Waals surface area contributed by atoms with Gasteiger partial charge in [0.25, 0.3) is 0 Å². The van der Waals surface area contributed by atoms with Gasteiger partial charge in [0.1, 0.15) is 12.3 Å². The molecule has 1 aliphatic rings. The zero-order chi connectivity index (χ0) is 16.2. The first kappa shape index (κ1) is 17.2. The lowest BCUT2D eigenvalue weighted by Gasteiger charge is -2.17. The molecule has 0 spiro atoms. The molecule has 4 atom stereocenters. The van der Waals surface area contributed by atoms with E-state index >= 15 is 0 Å². The van der Waals surface area contributed by atoms with Crippen LogP contribution in [0.4, 0.5) is 0 Å². The van der Waals surface area contributed by atoms with E-state index < -0.39 is 31.9 Å². The van der Waals surface area contributed by atoms with Gasteiger partial charge in [-0.2, -0.15) is 0 Å². The van der Waals surface area contributed by atoms with Gasteiger partial charge in [0.05, 0.1) is 19.3 Å². The average molecular weight is 335 g/mol. The lowest BCUT2D eigenvalue weighted by atomic mass is 10.2. The van der Waals surface area contributed by atoms with Gasteiger partial charge in [-0.1, -0.05) is 0 Å². The van der Waals surface area contributed by atoms with Gasteiger partial charge in [-0.05, 0) is 6.07 Å². The van der Waals surface area contributed by atoms with Crippen LogP contribution in [0.3, 0.4) is 0 Å². The summed E-state index contributed by atoms with van der Waals surface area (Å²) in [4.78, 5) is 24.6. The van der Waals surface area contributed by atoms with Crippen LogP contribution in [-0.2, 0) is 18.3 Å². The van der Waals surface area contributed by atoms with Crippen molar-refractivity contribution < 1.29 is 28.3 Å². The molecule has 10 nitrogen and oxygen atoms in total. The normalized spacial score (nSPS) is 27.7. The Hall–Kier alpha value is -1.13. The van der Waals surface area contributed by atoms with E-state index in [9.17, 15) is 19.4 Å². The molecule has 2 heterocycles. The van der Waals surface area contributed by atoms with E-state index in [1.54, 1.807) is 6.07 Å². The van der Waals surface area contributed by atoms with Crippen LogP contribution in [0, 0.1) is 0 Å². The van der Waals surface area contributed by atoms with Gasteiger partial charge in [0, 0.05) is 25.4 Å². The Bertz CT molecular complexity index is 595. The molecule has 1 saturated heterocycles. The molecule has 0 aliphatic carbocycles. The summed E-state index contributed by atoms with van der Waals surface area (Å²) in [6.45, 7) is -0.414. The van der Waals surface area contributed by atoms with Crippen molar-refractivity contribution in [3.8, 4) is 0 Å². The number of hydrogen-bond acceptors (Lipinski definition) is 8. The Morgan fingerprint density at radius 3 is 3.00 bits per heavy atom. The van der Waals surface area contributed by atoms with Crippen LogP contribution in [0.25, 0.3) is 0 Å². The maximum absolute atomic E-state index is 11.6. The maximum atomic E-state index is 11.6. The number of aliphatic hydroxyl groups excluding tert-OH is 1. The first-order valence-electron chi connectivity index (χ1n) is 6.61. The molecule has 124 valence electrons. The third kappa shape index (κ3) is 4.43. The minimum atomic E-state index is -4.24. The van der Waals surface area contributed by atoms with Crippen LogP contribution in [0.15, 0.2) is 23.3 Å². The van der Waals surface area contributed by atoms with E-state index in [4.69, 9.17) is 15.0 Å². The molecule has 0 saturated carbocycles. The summed E-state index contributed by atoms with van der Waals surface area (Å²) in [6, 6.07) is 1.56. The SMILES string of the molecule is NCCOP(=O)(O)OC[C@H]1OC(n2cccnc2=O)C[C@@H]1O. The lowest BCUT2D eigenvalue weighted by molar-refractivity contribution is -0.0463. The zero-order valence-corrected chi connectivity index (χ0v) is 12.5. The first-order chi connectivity index (χ1) is 10.4. The molecular weight excluding hydrogens is 317 g/mol. The highest BCUT2D eigenvalue weighted by Crippen LogP contribution is 2.43. The van der Waals surface area contributed by atoms with Gasteiger partial charge in [0.15, 0.2) is 0 Å². The molecule has 2 unspecified atom stereocenters. The second kappa shape index (κ2) is 7.42. The quantitative estimate of drug-likeness (QED) is 0.533. The Labute approximate surface area is 126 Å². The van der Waals surface area contributed by atoms with Gasteiger partial charge in [0.2, 0.25) is 0 Å². The van der Waals surface area contributed by atoms with Crippen molar-refractivity contribution in [3.63, 3.8) is 0 Å². The van der Waals surface area contributed by atoms with Crippen LogP contribution in [-0.4, -0.2) is 51.5 Å². The largest absolute Gasteiger partial charge is 0.472 e. The van der Waals surface area contributed by atoms with Crippen LogP contribution in [0.5, 0.6) is 0 Å². The van der Waals surface area contributed by atoms with Crippen LogP contribution in [0.1, 0.15) is 12.6 Å². The molecule has 11 heteroatoms. The molecule has 0 amide bonds. The smallest absolute Gasteiger partial charge is 0.390 e. The third-order valence-electron chi connectivity index (χ3n) is 3.03. The first-order valence-corrected chi connectivity index (χ1v) is 8.11. The fourth-order valence-electron chi connectivity index (χ4n) is 2.00. The van der Waals surface area contributed by atoms with E-state index in [0.717, 1.165) is 0 Å². The van der Waals surface area contributed by atoms with Gasteiger partial charge in [-0.15, -0.1) is 0 Å². The van der Waals surface area contributed by atoms with Gasteiger partial charge >= 0.3 is 13.5 Å². The molecule has 0 bridgehead atoms. The van der Waals surface area contributed by atoms with E-state index in [2.05, 4.69) is 9.51 Å². The standard InChI is InChI=1S/C11H18N3O7P/c12-2-5-19-22(17,18)20-7-9-8(15)6-10(21-9)14-4-1-3-13-11(14)16/h1,3-4,8-10,15H,2,5-7,12H2,(H,17,18)/t8-,9+,10?/m0/s1. The van der Waals surface area contributed by atoms with E-state index in [-0.39, 0.29) is 26.2 Å². The number of phosphoric ester groups is 1. The molecule has 0 radical (unpaired) electrons. The monoisotopic (exact) mass is 335 g/mol. The van der Waals surface area contributed by atoms with E-state index in [1.165, 1.54) is 17.0 Å². The lowest BCUT2D eigenvalue weighted by Crippen LogP contribution is -2.27. The van der Waals surface area contributed by atoms with Gasteiger partial charge < -0.3 is 20.5 Å². The summed E-state index contributed by atoms with van der Waals surface area (Å²) in [7, 11) is -4.24. The highest BCUT2D eigenvalue weighted by atomic mass is 31.2. The summed E-state index contributed by atoms with van der Waals surface area (Å²) in [5.41, 5.74) is 4.64. The van der Waals surface area contributed by atoms with E-state index in [1.807, 2.05) is 0 Å². The van der Waals surface area contributed by atoms with Crippen LogP contribution < -0.4 is 11.4 Å². The Morgan fingerprint density at radius 2 is 2.32 bits per heavy atom. The van der Waals surface area contributed by atoms with Crippen molar-refractivity contribution >= 4 is 7.82 Å². The number of hydrogen-bond donors (Lipinski definition) is 3. The predicted molar refractivity (Wildman–Crippen MR) is 73.8 cm³/mol. The number of nitrogens with zero attached hydrogens (tertiary/aromatic N) is 2. The molecule has 1 aliphatic heterocycles. The Morgan fingerprint density at radius 1 is 1.55 bits per heavy atom. The number of ether oxygens (including phenoxy) is 1. The second-order valence-electron chi connectivity index (χ2n) is 4.63. The minimum Gasteiger partial charge on any atom is -0.390 e. The van der Waals surface area contributed by atoms with Crippen LogP contribution >= 0.6 is 7.82 Å². The highest BCUT2D eigenvalue weighted by Gasteiger charge is 2.37. The van der Waals surface area contributed by atoms with Crippen molar-refractivity contribution in [3.05, 3.63) is 28.9 Å². The number of aliphatic hydroxyl groups is 1. The maximum Gasteiger partial charge on any atom is 0.472 e. The molecule has 1 aromatic heterocycles. The summed E-state index contributed by atoms with van der Waals surface area (Å²) in [5.74, 6) is 0. The van der Waals surface area contributed by atoms with Gasteiger partial charge in [-0.3, -0.25) is 13.6 Å². The molecule has 4 N–H and O–H groups in total. The van der Waals surface area contributed by atoms with Crippen LogP contribution in [0.2, 0.25) is 0 Å². The zero-order valence-electron chi connectivity index (χ0n) is 11.6. The molecule has 1 fully saturated rings. The third-order valence-corrected chi connectivity index (χ3v) is 4.01. The second-order valence-corrected chi connectivity index (χ2v) is 6.08. The molecule has 0 aromatic carbocycles. The number of aromatic nitrogens is 2. The fourth-order valence-corrected chi connectivity index (χ4v) is 2.74. The number of phosphoric acid groups is 1. The molecule has 1 aromatic rings. The molecule has 2 rings (SSSR count). The van der Waals surface area contributed by atoms with Gasteiger partial charge in [-0.25, -0.2) is 14.3 Å². The van der Waals surface area contributed by atoms with Crippen molar-refractivity contribution in [2.75, 3.05) is 19.8 Å². The fraction of sp³-hybridized carbons (Fsp3) is 0.636. The summed E-state index contributed by atoms with van der Waals surface area (Å²) in [6.07, 6.45) is 0.441. The highest BCUT2D eigenvalue weighted by molar-refractivity contribution is 7.47. The van der Waals surface area contributed by atoms with Crippen molar-refractivity contribution in [2.45, 2.75) is 24.9 Å². The Kier molecular flexibility index (Phi) is 5.81. The Balaban J connectivity index is 1.93. The predicted octanol–water partition coefficient (Wildman–Crippen LogP) is -1.02. The van der Waals surface area contributed by atoms with E-state index in [0.29, 0.717) is 0 Å². The molecular formula is C11H18N3O7P. The number of nitrogens with two attached hydrogens (primary N) is 1. The summed E-state index contributed by atoms with van der Waals surface area (Å²) in [5, 5.41) is 9.91. The number of rotatable bonds is 7. The van der Waals surface area contributed by atoms with Crippen molar-refractivity contribution in [2.24, 2.45) is 5.73 Å². The molecule has 22 heavy (non-hydrogen) atoms. The van der Waals surface area contributed by atoms with Crippen molar-refractivity contribution in [1.29, 1.82) is 0 Å². The average Bonchev–Trinajstić information content (AvgIpc) is 2.85.